The molecule has 150 valence electrons. The Hall–Kier alpha value is -2.74. The van der Waals surface area contributed by atoms with Crippen molar-refractivity contribution < 1.29 is 23.1 Å². The molecule has 1 unspecified atom stereocenters. The van der Waals surface area contributed by atoms with Gasteiger partial charge in [-0.15, -0.1) is 0 Å². The second kappa shape index (κ2) is 9.45. The van der Waals surface area contributed by atoms with Gasteiger partial charge < -0.3 is 15.4 Å². The van der Waals surface area contributed by atoms with Crippen LogP contribution in [0.1, 0.15) is 41.4 Å². The number of aromatic nitrogens is 1. The lowest BCUT2D eigenvalue weighted by atomic mass is 10.0. The summed E-state index contributed by atoms with van der Waals surface area (Å²) in [4.78, 5) is 27.6. The molecule has 0 fully saturated rings. The van der Waals surface area contributed by atoms with Crippen LogP contribution in [0.25, 0.3) is 0 Å². The van der Waals surface area contributed by atoms with Crippen LogP contribution in [-0.4, -0.2) is 29.8 Å². The molecule has 28 heavy (non-hydrogen) atoms. The molecule has 2 N–H and O–H groups in total. The maximum Gasteiger partial charge on any atom is 0.272 e. The number of halogens is 3. The van der Waals surface area contributed by atoms with Gasteiger partial charge in [-0.3, -0.25) is 9.59 Å². The first-order valence-corrected chi connectivity index (χ1v) is 8.80. The molecule has 1 heterocycles. The second-order valence-electron chi connectivity index (χ2n) is 6.16. The van der Waals surface area contributed by atoms with Crippen LogP contribution in [-0.2, 0) is 4.79 Å². The van der Waals surface area contributed by atoms with Crippen LogP contribution < -0.4 is 15.4 Å². The summed E-state index contributed by atoms with van der Waals surface area (Å²) in [7, 11) is 0. The first-order valence-electron chi connectivity index (χ1n) is 8.43. The lowest BCUT2D eigenvalue weighted by molar-refractivity contribution is -0.114. The van der Waals surface area contributed by atoms with Gasteiger partial charge in [0.1, 0.15) is 18.2 Å². The fourth-order valence-corrected chi connectivity index (χ4v) is 2.85. The summed E-state index contributed by atoms with van der Waals surface area (Å²) >= 11 is 6.15. The van der Waals surface area contributed by atoms with E-state index in [9.17, 15) is 18.4 Å². The first-order chi connectivity index (χ1) is 13.2. The number of nitrogens with one attached hydrogen (secondary N) is 2. The Kier molecular flexibility index (Phi) is 7.28. The highest BCUT2D eigenvalue weighted by Crippen LogP contribution is 2.32. The summed E-state index contributed by atoms with van der Waals surface area (Å²) < 4.78 is 29.8. The number of carbonyl (C=O) groups excluding carboxylic acids is 2. The number of amides is 2. The van der Waals surface area contributed by atoms with Gasteiger partial charge in [0.25, 0.3) is 12.3 Å². The van der Waals surface area contributed by atoms with Gasteiger partial charge >= 0.3 is 0 Å². The fraction of sp³-hybridized carbons (Fsp3) is 0.316. The Morgan fingerprint density at radius 2 is 2.00 bits per heavy atom. The quantitative estimate of drug-likeness (QED) is 0.717. The monoisotopic (exact) mass is 411 g/mol. The van der Waals surface area contributed by atoms with Crippen LogP contribution in [0, 0.1) is 6.92 Å². The smallest absolute Gasteiger partial charge is 0.272 e. The SMILES string of the molecule is CC(=O)Nc1cc(C(=O)NC(C)c2cc(C)c(OCC(F)F)c(Cl)c2)ccn1. The fourth-order valence-electron chi connectivity index (χ4n) is 2.52. The molecular weight excluding hydrogens is 392 g/mol. The number of nitrogens with zero attached hydrogens (tertiary/aromatic N) is 1. The Bertz CT molecular complexity index is 854. The van der Waals surface area contributed by atoms with Crippen LogP contribution in [0.5, 0.6) is 5.75 Å². The van der Waals surface area contributed by atoms with Crippen LogP contribution in [0.15, 0.2) is 30.5 Å². The van der Waals surface area contributed by atoms with Crippen molar-refractivity contribution in [1.29, 1.82) is 0 Å². The Labute approximate surface area is 166 Å². The highest BCUT2D eigenvalue weighted by molar-refractivity contribution is 6.32. The summed E-state index contributed by atoms with van der Waals surface area (Å²) in [5.41, 5.74) is 1.60. The van der Waals surface area contributed by atoms with Crippen molar-refractivity contribution in [3.05, 3.63) is 52.2 Å². The van der Waals surface area contributed by atoms with E-state index in [0.29, 0.717) is 16.7 Å². The van der Waals surface area contributed by atoms with E-state index in [1.54, 1.807) is 26.0 Å². The molecule has 0 radical (unpaired) electrons. The van der Waals surface area contributed by atoms with E-state index in [1.807, 2.05) is 0 Å². The average Bonchev–Trinajstić information content (AvgIpc) is 2.60. The maximum atomic E-state index is 12.5. The third-order valence-corrected chi connectivity index (χ3v) is 4.06. The maximum absolute atomic E-state index is 12.5. The number of carbonyl (C=O) groups is 2. The number of pyridine rings is 1. The van der Waals surface area contributed by atoms with Crippen LogP contribution in [0.3, 0.4) is 0 Å². The number of hydrogen-bond donors (Lipinski definition) is 2. The summed E-state index contributed by atoms with van der Waals surface area (Å²) in [6, 6.07) is 5.85. The van der Waals surface area contributed by atoms with Crippen LogP contribution in [0.4, 0.5) is 14.6 Å². The van der Waals surface area contributed by atoms with E-state index in [4.69, 9.17) is 16.3 Å². The molecule has 0 saturated heterocycles. The standard InChI is InChI=1S/C19H20ClF2N3O3/c1-10-6-14(7-15(20)18(10)28-9-16(21)22)11(2)24-19(27)13-4-5-23-17(8-13)25-12(3)26/h4-8,11,16H,9H2,1-3H3,(H,24,27)(H,23,25,26). The van der Waals surface area contributed by atoms with Gasteiger partial charge in [-0.25, -0.2) is 13.8 Å². The van der Waals surface area contributed by atoms with Crippen molar-refractivity contribution in [1.82, 2.24) is 10.3 Å². The van der Waals surface area contributed by atoms with Crippen LogP contribution in [0.2, 0.25) is 5.02 Å². The summed E-state index contributed by atoms with van der Waals surface area (Å²) in [6.07, 6.45) is -1.18. The zero-order valence-electron chi connectivity index (χ0n) is 15.6. The predicted octanol–water partition coefficient (Wildman–Crippen LogP) is 4.14. The molecule has 0 bridgehead atoms. The average molecular weight is 412 g/mol. The molecule has 1 aromatic carbocycles. The summed E-state index contributed by atoms with van der Waals surface area (Å²) in [5, 5.41) is 5.52. The van der Waals surface area contributed by atoms with Crippen molar-refractivity contribution >= 4 is 29.2 Å². The Morgan fingerprint density at radius 3 is 2.61 bits per heavy atom. The number of rotatable bonds is 7. The van der Waals surface area contributed by atoms with Gasteiger partial charge in [-0.1, -0.05) is 17.7 Å². The third-order valence-electron chi connectivity index (χ3n) is 3.78. The Morgan fingerprint density at radius 1 is 1.29 bits per heavy atom. The zero-order chi connectivity index (χ0) is 20.8. The lowest BCUT2D eigenvalue weighted by Gasteiger charge is -2.18. The van der Waals surface area contributed by atoms with Gasteiger partial charge in [0.15, 0.2) is 0 Å². The molecule has 0 saturated carbocycles. The molecule has 1 aromatic heterocycles. The van der Waals surface area contributed by atoms with Crippen molar-refractivity contribution in [2.24, 2.45) is 0 Å². The van der Waals surface area contributed by atoms with Gasteiger partial charge in [0.05, 0.1) is 11.1 Å². The molecule has 0 aliphatic carbocycles. The third kappa shape index (κ3) is 5.88. The van der Waals surface area contributed by atoms with Crippen molar-refractivity contribution in [2.45, 2.75) is 33.2 Å². The van der Waals surface area contributed by atoms with Crippen molar-refractivity contribution in [2.75, 3.05) is 11.9 Å². The van der Waals surface area contributed by atoms with E-state index in [2.05, 4.69) is 15.6 Å². The van der Waals surface area contributed by atoms with E-state index < -0.39 is 19.1 Å². The minimum Gasteiger partial charge on any atom is -0.486 e. The molecule has 0 spiro atoms. The molecule has 0 aliphatic heterocycles. The van der Waals surface area contributed by atoms with Crippen LogP contribution >= 0.6 is 11.6 Å². The molecule has 1 atom stereocenters. The molecule has 2 amide bonds. The molecule has 6 nitrogen and oxygen atoms in total. The van der Waals surface area contributed by atoms with E-state index in [0.717, 1.165) is 0 Å². The van der Waals surface area contributed by atoms with E-state index in [1.165, 1.54) is 25.3 Å². The molecular formula is C19H20ClF2N3O3. The van der Waals surface area contributed by atoms with E-state index >= 15 is 0 Å². The highest BCUT2D eigenvalue weighted by atomic mass is 35.5. The number of alkyl halides is 2. The van der Waals surface area contributed by atoms with Gasteiger partial charge in [-0.2, -0.15) is 0 Å². The van der Waals surface area contributed by atoms with Gasteiger partial charge in [0, 0.05) is 18.7 Å². The van der Waals surface area contributed by atoms with Gasteiger partial charge in [0.2, 0.25) is 5.91 Å². The largest absolute Gasteiger partial charge is 0.486 e. The highest BCUT2D eigenvalue weighted by Gasteiger charge is 2.17. The Balaban J connectivity index is 2.13. The molecule has 9 heteroatoms. The number of anilines is 1. The van der Waals surface area contributed by atoms with Crippen molar-refractivity contribution in [3.8, 4) is 5.75 Å². The number of ether oxygens (including phenoxy) is 1. The normalized spacial score (nSPS) is 11.8. The lowest BCUT2D eigenvalue weighted by Crippen LogP contribution is -2.27. The van der Waals surface area contributed by atoms with Gasteiger partial charge in [-0.05, 0) is 43.2 Å². The summed E-state index contributed by atoms with van der Waals surface area (Å²) in [6.45, 7) is 4.05. The molecule has 0 aliphatic rings. The summed E-state index contributed by atoms with van der Waals surface area (Å²) in [5.74, 6) is -0.198. The van der Waals surface area contributed by atoms with E-state index in [-0.39, 0.29) is 28.4 Å². The topological polar surface area (TPSA) is 80.3 Å². The molecule has 2 aromatic rings. The zero-order valence-corrected chi connectivity index (χ0v) is 16.3. The second-order valence-corrected chi connectivity index (χ2v) is 6.56. The number of hydrogen-bond acceptors (Lipinski definition) is 4. The first kappa shape index (κ1) is 21.6. The number of aryl methyl sites for hydroxylation is 1. The minimum atomic E-state index is -2.60. The predicted molar refractivity (Wildman–Crippen MR) is 102 cm³/mol. The minimum absolute atomic E-state index is 0.189. The van der Waals surface area contributed by atoms with Crippen molar-refractivity contribution in [3.63, 3.8) is 0 Å². The molecule has 2 rings (SSSR count). The number of benzene rings is 1.